The molecule has 98 valence electrons. The Labute approximate surface area is 110 Å². The van der Waals surface area contributed by atoms with Crippen molar-refractivity contribution in [1.29, 1.82) is 0 Å². The third kappa shape index (κ3) is 3.70. The fourth-order valence-corrected chi connectivity index (χ4v) is 1.54. The van der Waals surface area contributed by atoms with Gasteiger partial charge in [0.05, 0.1) is 18.9 Å². The van der Waals surface area contributed by atoms with E-state index in [2.05, 4.69) is 4.98 Å². The fraction of sp³-hybridized carbons (Fsp3) is 0.417. The van der Waals surface area contributed by atoms with E-state index in [1.54, 1.807) is 26.0 Å². The van der Waals surface area contributed by atoms with Crippen LogP contribution in [0.1, 0.15) is 25.5 Å². The van der Waals surface area contributed by atoms with Gasteiger partial charge in [-0.2, -0.15) is 0 Å². The molecule has 0 aliphatic carbocycles. The first-order valence-corrected chi connectivity index (χ1v) is 5.93. The van der Waals surface area contributed by atoms with Crippen LogP contribution in [0.5, 0.6) is 0 Å². The first-order valence-electron chi connectivity index (χ1n) is 5.55. The maximum Gasteiger partial charge on any atom is 0.326 e. The number of pyridine rings is 1. The van der Waals surface area contributed by atoms with Crippen molar-refractivity contribution in [2.45, 2.75) is 19.8 Å². The predicted molar refractivity (Wildman–Crippen MR) is 65.3 cm³/mol. The van der Waals surface area contributed by atoms with Crippen molar-refractivity contribution in [3.8, 4) is 0 Å². The van der Waals surface area contributed by atoms with Gasteiger partial charge in [-0.3, -0.25) is 9.59 Å². The normalized spacial score (nSPS) is 10.2. The molecule has 0 aliphatic heterocycles. The number of carbonyl (C=O) groups is 2. The van der Waals surface area contributed by atoms with E-state index >= 15 is 0 Å². The Morgan fingerprint density at radius 2 is 1.78 bits per heavy atom. The molecule has 0 radical (unpaired) electrons. The van der Waals surface area contributed by atoms with Crippen LogP contribution in [0.25, 0.3) is 0 Å². The average Bonchev–Trinajstić information content (AvgIpc) is 2.30. The lowest BCUT2D eigenvalue weighted by molar-refractivity contribution is -0.157. The van der Waals surface area contributed by atoms with Crippen molar-refractivity contribution in [2.75, 3.05) is 13.2 Å². The first kappa shape index (κ1) is 14.4. The molecule has 0 aromatic carbocycles. The van der Waals surface area contributed by atoms with Crippen LogP contribution in [0, 0.1) is 0 Å². The predicted octanol–water partition coefficient (Wildman–Crippen LogP) is 1.94. The summed E-state index contributed by atoms with van der Waals surface area (Å²) in [7, 11) is 0. The minimum absolute atomic E-state index is 0.176. The molecule has 1 aromatic rings. The van der Waals surface area contributed by atoms with Crippen LogP contribution in [0.2, 0.25) is 5.15 Å². The Morgan fingerprint density at radius 3 is 2.22 bits per heavy atom. The Kier molecular flexibility index (Phi) is 5.58. The molecular formula is C12H14ClNO4. The van der Waals surface area contributed by atoms with Crippen LogP contribution in [0.15, 0.2) is 18.2 Å². The molecule has 0 bridgehead atoms. The molecule has 0 aliphatic rings. The second kappa shape index (κ2) is 6.96. The number of halogens is 1. The Balaban J connectivity index is 3.03. The minimum Gasteiger partial charge on any atom is -0.465 e. The molecule has 1 rings (SSSR count). The van der Waals surface area contributed by atoms with Crippen LogP contribution >= 0.6 is 11.6 Å². The highest BCUT2D eigenvalue weighted by molar-refractivity contribution is 6.29. The minimum atomic E-state index is -1.19. The van der Waals surface area contributed by atoms with Crippen LogP contribution in [-0.2, 0) is 19.1 Å². The molecule has 0 fully saturated rings. The molecule has 18 heavy (non-hydrogen) atoms. The zero-order valence-corrected chi connectivity index (χ0v) is 10.9. The maximum absolute atomic E-state index is 11.8. The van der Waals surface area contributed by atoms with Crippen molar-refractivity contribution in [1.82, 2.24) is 4.98 Å². The van der Waals surface area contributed by atoms with Gasteiger partial charge in [-0.05, 0) is 26.0 Å². The van der Waals surface area contributed by atoms with Gasteiger partial charge in [0.1, 0.15) is 5.15 Å². The van der Waals surface area contributed by atoms with Gasteiger partial charge in [0.25, 0.3) is 0 Å². The van der Waals surface area contributed by atoms with Gasteiger partial charge in [0.2, 0.25) is 0 Å². The molecule has 0 saturated carbocycles. The summed E-state index contributed by atoms with van der Waals surface area (Å²) in [5, 5.41) is 0.200. The van der Waals surface area contributed by atoms with Gasteiger partial charge >= 0.3 is 11.9 Å². The highest BCUT2D eigenvalue weighted by Gasteiger charge is 2.32. The molecule has 1 aromatic heterocycles. The summed E-state index contributed by atoms with van der Waals surface area (Å²) in [6, 6.07) is 4.69. The van der Waals surface area contributed by atoms with Gasteiger partial charge in [-0.15, -0.1) is 0 Å². The summed E-state index contributed by atoms with van der Waals surface area (Å²) < 4.78 is 9.69. The highest BCUT2D eigenvalue weighted by Crippen LogP contribution is 2.19. The van der Waals surface area contributed by atoms with Crippen molar-refractivity contribution in [3.05, 3.63) is 29.0 Å². The van der Waals surface area contributed by atoms with Crippen molar-refractivity contribution in [2.24, 2.45) is 0 Å². The lowest BCUT2D eigenvalue weighted by atomic mass is 10.1. The highest BCUT2D eigenvalue weighted by atomic mass is 35.5. The lowest BCUT2D eigenvalue weighted by Crippen LogP contribution is -2.27. The quantitative estimate of drug-likeness (QED) is 0.465. The monoisotopic (exact) mass is 271 g/mol. The van der Waals surface area contributed by atoms with Gasteiger partial charge in [-0.25, -0.2) is 4.98 Å². The molecule has 0 atom stereocenters. The lowest BCUT2D eigenvalue weighted by Gasteiger charge is -2.13. The summed E-state index contributed by atoms with van der Waals surface area (Å²) in [4.78, 5) is 27.5. The number of aromatic nitrogens is 1. The molecule has 0 spiro atoms. The number of esters is 2. The fourth-order valence-electron chi connectivity index (χ4n) is 1.37. The van der Waals surface area contributed by atoms with Crippen molar-refractivity contribution in [3.63, 3.8) is 0 Å². The van der Waals surface area contributed by atoms with Gasteiger partial charge < -0.3 is 9.47 Å². The third-order valence-electron chi connectivity index (χ3n) is 2.08. The van der Waals surface area contributed by atoms with Crippen LogP contribution in [-0.4, -0.2) is 30.1 Å². The second-order valence-electron chi connectivity index (χ2n) is 3.32. The molecule has 0 N–H and O–H groups in total. The second-order valence-corrected chi connectivity index (χ2v) is 3.71. The Morgan fingerprint density at radius 1 is 1.22 bits per heavy atom. The van der Waals surface area contributed by atoms with Crippen LogP contribution in [0.3, 0.4) is 0 Å². The Hall–Kier alpha value is -1.62. The van der Waals surface area contributed by atoms with E-state index in [0.717, 1.165) is 0 Å². The molecular weight excluding hydrogens is 258 g/mol. The van der Waals surface area contributed by atoms with Gasteiger partial charge in [0.15, 0.2) is 5.92 Å². The number of rotatable bonds is 5. The SMILES string of the molecule is CCOC(=O)C(C(=O)OCC)c1cccc(Cl)n1. The zero-order chi connectivity index (χ0) is 13.5. The van der Waals surface area contributed by atoms with Crippen LogP contribution < -0.4 is 0 Å². The number of hydrogen-bond acceptors (Lipinski definition) is 5. The topological polar surface area (TPSA) is 65.5 Å². The van der Waals surface area contributed by atoms with E-state index in [0.29, 0.717) is 0 Å². The molecule has 0 amide bonds. The smallest absolute Gasteiger partial charge is 0.326 e. The van der Waals surface area contributed by atoms with Gasteiger partial charge in [0, 0.05) is 0 Å². The van der Waals surface area contributed by atoms with Crippen LogP contribution in [0.4, 0.5) is 0 Å². The molecule has 6 heteroatoms. The average molecular weight is 272 g/mol. The summed E-state index contributed by atoms with van der Waals surface area (Å²) in [5.74, 6) is -2.57. The molecule has 0 unspecified atom stereocenters. The van der Waals surface area contributed by atoms with E-state index in [-0.39, 0.29) is 24.1 Å². The first-order chi connectivity index (χ1) is 8.60. The number of nitrogens with zero attached hydrogens (tertiary/aromatic N) is 1. The largest absolute Gasteiger partial charge is 0.465 e. The molecule has 5 nitrogen and oxygen atoms in total. The van der Waals surface area contributed by atoms with E-state index < -0.39 is 17.9 Å². The number of carbonyl (C=O) groups excluding carboxylic acids is 2. The standard InChI is InChI=1S/C12H14ClNO4/c1-3-17-11(15)10(12(16)18-4-2)8-6-5-7-9(13)14-8/h5-7,10H,3-4H2,1-2H3. The number of hydrogen-bond donors (Lipinski definition) is 0. The summed E-state index contributed by atoms with van der Waals surface area (Å²) in [6.07, 6.45) is 0. The zero-order valence-electron chi connectivity index (χ0n) is 10.2. The van der Waals surface area contributed by atoms with E-state index in [1.165, 1.54) is 6.07 Å². The number of ether oxygens (including phenoxy) is 2. The van der Waals surface area contributed by atoms with E-state index in [9.17, 15) is 9.59 Å². The third-order valence-corrected chi connectivity index (χ3v) is 2.29. The van der Waals surface area contributed by atoms with Crippen molar-refractivity contribution < 1.29 is 19.1 Å². The van der Waals surface area contributed by atoms with E-state index in [1.807, 2.05) is 0 Å². The summed E-state index contributed by atoms with van der Waals surface area (Å²) in [6.45, 7) is 3.67. The molecule has 1 heterocycles. The molecule has 0 saturated heterocycles. The van der Waals surface area contributed by atoms with E-state index in [4.69, 9.17) is 21.1 Å². The van der Waals surface area contributed by atoms with Gasteiger partial charge in [-0.1, -0.05) is 17.7 Å². The van der Waals surface area contributed by atoms with Crippen molar-refractivity contribution >= 4 is 23.5 Å². The maximum atomic E-state index is 11.8. The summed E-state index contributed by atoms with van der Waals surface area (Å²) in [5.41, 5.74) is 0.222. The Bertz CT molecular complexity index is 418. The summed E-state index contributed by atoms with van der Waals surface area (Å²) >= 11 is 5.74.